The number of anilines is 1. The summed E-state index contributed by atoms with van der Waals surface area (Å²) in [6.45, 7) is -1.64. The van der Waals surface area contributed by atoms with Crippen molar-refractivity contribution in [3.05, 3.63) is 59.2 Å². The molecule has 3 N–H and O–H groups in total. The summed E-state index contributed by atoms with van der Waals surface area (Å²) < 4.78 is 105. The zero-order chi connectivity index (χ0) is 26.3. The van der Waals surface area contributed by atoms with Crippen molar-refractivity contribution in [3.63, 3.8) is 0 Å². The smallest absolute Gasteiger partial charge is 0.417 e. The van der Waals surface area contributed by atoms with E-state index in [0.717, 1.165) is 37.3 Å². The number of nitrogens with one attached hydrogen (secondary N) is 1. The number of hydrogen-bond acceptors (Lipinski definition) is 4. The van der Waals surface area contributed by atoms with Gasteiger partial charge in [0.25, 0.3) is 11.8 Å². The first-order valence-electron chi connectivity index (χ1n) is 10.0. The topological polar surface area (TPSA) is 90.6 Å². The molecule has 0 aliphatic carbocycles. The van der Waals surface area contributed by atoms with Crippen molar-refractivity contribution in [1.29, 1.82) is 0 Å². The predicted octanol–water partition coefficient (Wildman–Crippen LogP) is 4.74. The van der Waals surface area contributed by atoms with E-state index in [9.17, 15) is 40.3 Å². The highest BCUT2D eigenvalue weighted by atomic mass is 19.4. The number of rotatable bonds is 6. The zero-order valence-corrected chi connectivity index (χ0v) is 18.1. The molecule has 0 spiro atoms. The summed E-state index contributed by atoms with van der Waals surface area (Å²) in [5, 5.41) is 2.22. The molecule has 0 radical (unpaired) electrons. The van der Waals surface area contributed by atoms with Crippen molar-refractivity contribution in [2.45, 2.75) is 44.3 Å². The minimum atomic E-state index is -4.99. The lowest BCUT2D eigenvalue weighted by Crippen LogP contribution is -2.47. The summed E-state index contributed by atoms with van der Waals surface area (Å²) in [6.07, 6.45) is -6.91. The SMILES string of the molecule is CC1C(c2ccc(F)cc2OC(F)F)C(C(=O)Nc2ccc(F)c(C(N)=O)c2)OC1(C)C(F)(F)F. The van der Waals surface area contributed by atoms with E-state index in [4.69, 9.17) is 10.5 Å². The normalized spacial score (nSPS) is 24.5. The van der Waals surface area contributed by atoms with Gasteiger partial charge in [-0.2, -0.15) is 22.0 Å². The van der Waals surface area contributed by atoms with Crippen molar-refractivity contribution in [2.24, 2.45) is 11.7 Å². The third kappa shape index (κ3) is 5.04. The van der Waals surface area contributed by atoms with Crippen LogP contribution in [0.15, 0.2) is 36.4 Å². The van der Waals surface area contributed by atoms with Gasteiger partial charge in [-0.3, -0.25) is 9.59 Å². The molecule has 6 nitrogen and oxygen atoms in total. The average molecular weight is 508 g/mol. The molecule has 13 heteroatoms. The number of ether oxygens (including phenoxy) is 2. The minimum absolute atomic E-state index is 0.191. The second kappa shape index (κ2) is 9.36. The molecule has 1 aliphatic rings. The Morgan fingerprint density at radius 1 is 1.14 bits per heavy atom. The monoisotopic (exact) mass is 508 g/mol. The minimum Gasteiger partial charge on any atom is -0.434 e. The molecular weight excluding hydrogens is 489 g/mol. The summed E-state index contributed by atoms with van der Waals surface area (Å²) in [4.78, 5) is 24.4. The molecule has 3 rings (SSSR count). The molecule has 1 heterocycles. The van der Waals surface area contributed by atoms with Gasteiger partial charge >= 0.3 is 12.8 Å². The molecule has 0 saturated carbocycles. The van der Waals surface area contributed by atoms with E-state index in [-0.39, 0.29) is 11.3 Å². The number of halogens is 7. The van der Waals surface area contributed by atoms with Crippen molar-refractivity contribution < 1.29 is 49.8 Å². The highest BCUT2D eigenvalue weighted by Crippen LogP contribution is 2.54. The first-order valence-corrected chi connectivity index (χ1v) is 10.0. The summed E-state index contributed by atoms with van der Waals surface area (Å²) in [6, 6.07) is 5.01. The maximum Gasteiger partial charge on any atom is 0.417 e. The molecule has 1 saturated heterocycles. The fourth-order valence-corrected chi connectivity index (χ4v) is 4.01. The highest BCUT2D eigenvalue weighted by Gasteiger charge is 2.65. The molecule has 0 aromatic heterocycles. The van der Waals surface area contributed by atoms with E-state index in [1.165, 1.54) is 0 Å². The van der Waals surface area contributed by atoms with Crippen LogP contribution in [-0.2, 0) is 9.53 Å². The lowest BCUT2D eigenvalue weighted by molar-refractivity contribution is -0.272. The standard InChI is InChI=1S/C22H19F7N2O4/c1-9-16(12-5-3-10(23)7-15(12)34-20(25)26)17(35-21(9,2)22(27,28)29)19(33)31-11-4-6-14(24)13(8-11)18(30)32/h3-9,16-17,20H,1-2H3,(H2,30,32)(H,31,33). The summed E-state index contributed by atoms with van der Waals surface area (Å²) >= 11 is 0. The fourth-order valence-electron chi connectivity index (χ4n) is 4.01. The maximum atomic E-state index is 13.9. The van der Waals surface area contributed by atoms with Crippen LogP contribution in [-0.4, -0.2) is 36.3 Å². The van der Waals surface area contributed by atoms with Crippen LogP contribution < -0.4 is 15.8 Å². The summed E-state index contributed by atoms with van der Waals surface area (Å²) in [5.74, 6) is -8.13. The van der Waals surface area contributed by atoms with Gasteiger partial charge in [0, 0.05) is 29.2 Å². The van der Waals surface area contributed by atoms with Crippen LogP contribution in [0.25, 0.3) is 0 Å². The summed E-state index contributed by atoms with van der Waals surface area (Å²) in [7, 11) is 0. The molecule has 2 aromatic rings. The van der Waals surface area contributed by atoms with Crippen LogP contribution in [0.5, 0.6) is 5.75 Å². The Morgan fingerprint density at radius 2 is 1.80 bits per heavy atom. The Kier molecular flexibility index (Phi) is 7.02. The van der Waals surface area contributed by atoms with E-state index >= 15 is 0 Å². The van der Waals surface area contributed by atoms with Gasteiger partial charge in [0.1, 0.15) is 23.5 Å². The van der Waals surface area contributed by atoms with Crippen molar-refractivity contribution >= 4 is 17.5 Å². The molecule has 1 aliphatic heterocycles. The van der Waals surface area contributed by atoms with E-state index in [0.29, 0.717) is 13.0 Å². The number of amides is 2. The number of carbonyl (C=O) groups is 2. The van der Waals surface area contributed by atoms with Crippen LogP contribution in [0.2, 0.25) is 0 Å². The Morgan fingerprint density at radius 3 is 2.37 bits per heavy atom. The third-order valence-electron chi connectivity index (χ3n) is 5.98. The molecule has 35 heavy (non-hydrogen) atoms. The zero-order valence-electron chi connectivity index (χ0n) is 18.1. The second-order valence-electron chi connectivity index (χ2n) is 8.07. The number of hydrogen-bond donors (Lipinski definition) is 2. The Balaban J connectivity index is 2.07. The van der Waals surface area contributed by atoms with Crippen molar-refractivity contribution in [3.8, 4) is 5.75 Å². The van der Waals surface area contributed by atoms with Crippen LogP contribution in [0.4, 0.5) is 36.4 Å². The van der Waals surface area contributed by atoms with E-state index in [1.54, 1.807) is 0 Å². The molecule has 2 amide bonds. The predicted molar refractivity (Wildman–Crippen MR) is 108 cm³/mol. The fraction of sp³-hybridized carbons (Fsp3) is 0.364. The molecule has 190 valence electrons. The van der Waals surface area contributed by atoms with Crippen LogP contribution in [0.1, 0.15) is 35.7 Å². The average Bonchev–Trinajstić information content (AvgIpc) is 3.01. The van der Waals surface area contributed by atoms with Gasteiger partial charge in [0.05, 0.1) is 5.56 Å². The van der Waals surface area contributed by atoms with E-state index in [1.807, 2.05) is 0 Å². The van der Waals surface area contributed by atoms with Crippen molar-refractivity contribution in [2.75, 3.05) is 5.32 Å². The number of carbonyl (C=O) groups excluding carboxylic acids is 2. The van der Waals surface area contributed by atoms with Crippen molar-refractivity contribution in [1.82, 2.24) is 0 Å². The second-order valence-corrected chi connectivity index (χ2v) is 8.07. The highest BCUT2D eigenvalue weighted by molar-refractivity contribution is 5.98. The molecule has 1 fully saturated rings. The first-order chi connectivity index (χ1) is 16.2. The van der Waals surface area contributed by atoms with Crippen LogP contribution >= 0.6 is 0 Å². The van der Waals surface area contributed by atoms with Gasteiger partial charge < -0.3 is 20.5 Å². The van der Waals surface area contributed by atoms with E-state index in [2.05, 4.69) is 10.1 Å². The number of alkyl halides is 5. The van der Waals surface area contributed by atoms with E-state index < -0.39 is 71.1 Å². The third-order valence-corrected chi connectivity index (χ3v) is 5.98. The summed E-state index contributed by atoms with van der Waals surface area (Å²) in [5.41, 5.74) is 1.05. The molecular formula is C22H19F7N2O4. The lowest BCUT2D eigenvalue weighted by Gasteiger charge is -2.32. The van der Waals surface area contributed by atoms with Gasteiger partial charge in [-0.1, -0.05) is 13.0 Å². The largest absolute Gasteiger partial charge is 0.434 e. The number of benzene rings is 2. The van der Waals surface area contributed by atoms with Gasteiger partial charge in [0.2, 0.25) is 0 Å². The number of nitrogens with two attached hydrogens (primary N) is 1. The van der Waals surface area contributed by atoms with Crippen LogP contribution in [0.3, 0.4) is 0 Å². The van der Waals surface area contributed by atoms with Gasteiger partial charge in [-0.15, -0.1) is 0 Å². The lowest BCUT2D eigenvalue weighted by atomic mass is 9.77. The maximum absolute atomic E-state index is 13.9. The Bertz CT molecular complexity index is 1140. The first kappa shape index (κ1) is 26.3. The quantitative estimate of drug-likeness (QED) is 0.552. The molecule has 2 aromatic carbocycles. The molecule has 4 atom stereocenters. The van der Waals surface area contributed by atoms with Gasteiger partial charge in [0.15, 0.2) is 5.60 Å². The molecule has 0 bridgehead atoms. The van der Waals surface area contributed by atoms with Gasteiger partial charge in [-0.05, 0) is 31.2 Å². The molecule has 4 unspecified atom stereocenters. The Hall–Kier alpha value is -3.35. The Labute approximate surface area is 194 Å². The van der Waals surface area contributed by atoms with Crippen LogP contribution in [0, 0.1) is 17.6 Å². The van der Waals surface area contributed by atoms with Gasteiger partial charge in [-0.25, -0.2) is 8.78 Å². The number of primary amides is 1.